The number of carbonyl (C=O) groups is 1. The third-order valence-corrected chi connectivity index (χ3v) is 6.32. The SMILES string of the molecule is C=C/C(=C\N=C(CF)N1CCCCC1)Nc1nc(NC(C)C(C)NC(=C)CC(C)(C)C)c(F)cc1C(C)=O. The molecule has 1 fully saturated rings. The van der Waals surface area contributed by atoms with Crippen molar-refractivity contribution in [2.24, 2.45) is 10.4 Å². The van der Waals surface area contributed by atoms with Gasteiger partial charge in [-0.15, -0.1) is 0 Å². The number of anilines is 2. The Morgan fingerprint density at radius 3 is 2.42 bits per heavy atom. The summed E-state index contributed by atoms with van der Waals surface area (Å²) in [4.78, 5) is 22.9. The minimum atomic E-state index is -0.686. The molecule has 2 unspecified atom stereocenters. The Labute approximate surface area is 226 Å². The smallest absolute Gasteiger partial charge is 0.166 e. The Bertz CT molecular complexity index is 1050. The largest absolute Gasteiger partial charge is 0.384 e. The van der Waals surface area contributed by atoms with Crippen molar-refractivity contribution < 1.29 is 13.6 Å². The number of likely N-dealkylation sites (tertiary alicyclic amines) is 1. The van der Waals surface area contributed by atoms with E-state index in [1.807, 2.05) is 18.7 Å². The first-order valence-corrected chi connectivity index (χ1v) is 13.2. The maximum absolute atomic E-state index is 15.0. The summed E-state index contributed by atoms with van der Waals surface area (Å²) in [7, 11) is 0. The number of alkyl halides is 1. The molecule has 0 amide bonds. The van der Waals surface area contributed by atoms with Gasteiger partial charge in [0.2, 0.25) is 0 Å². The van der Waals surface area contributed by atoms with Crippen molar-refractivity contribution in [2.45, 2.75) is 79.3 Å². The van der Waals surface area contributed by atoms with E-state index in [-0.39, 0.29) is 40.5 Å². The topological polar surface area (TPSA) is 81.7 Å². The molecule has 1 aliphatic rings. The van der Waals surface area contributed by atoms with E-state index >= 15 is 0 Å². The van der Waals surface area contributed by atoms with E-state index in [0.29, 0.717) is 11.5 Å². The molecule has 38 heavy (non-hydrogen) atoms. The van der Waals surface area contributed by atoms with Crippen LogP contribution in [-0.4, -0.2) is 53.4 Å². The minimum absolute atomic E-state index is 0.00441. The van der Waals surface area contributed by atoms with Crippen LogP contribution in [0.3, 0.4) is 0 Å². The molecule has 3 N–H and O–H groups in total. The first-order chi connectivity index (χ1) is 17.8. The molecule has 0 saturated carbocycles. The summed E-state index contributed by atoms with van der Waals surface area (Å²) in [5.74, 6) is -0.482. The molecule has 0 aromatic carbocycles. The highest BCUT2D eigenvalue weighted by molar-refractivity contribution is 5.99. The lowest BCUT2D eigenvalue weighted by atomic mass is 9.90. The first-order valence-electron chi connectivity index (χ1n) is 13.2. The van der Waals surface area contributed by atoms with Gasteiger partial charge >= 0.3 is 0 Å². The number of aliphatic imine (C=N–C) groups is 1. The van der Waals surface area contributed by atoms with Crippen molar-refractivity contribution in [3.63, 3.8) is 0 Å². The first kappa shape index (κ1) is 31.0. The normalized spacial score (nSPS) is 16.5. The minimum Gasteiger partial charge on any atom is -0.384 e. The molecule has 1 aromatic heterocycles. The fourth-order valence-corrected chi connectivity index (χ4v) is 4.20. The number of carbonyl (C=O) groups excluding carboxylic acids is 1. The Hall–Kier alpha value is -3.23. The number of pyridine rings is 1. The van der Waals surface area contributed by atoms with Crippen molar-refractivity contribution in [2.75, 3.05) is 30.4 Å². The maximum Gasteiger partial charge on any atom is 0.166 e. The molecule has 2 rings (SSSR count). The summed E-state index contributed by atoms with van der Waals surface area (Å²) in [5, 5.41) is 9.50. The van der Waals surface area contributed by atoms with Crippen LogP contribution in [0.15, 0.2) is 47.9 Å². The van der Waals surface area contributed by atoms with Gasteiger partial charge in [-0.05, 0) is 64.0 Å². The Kier molecular flexibility index (Phi) is 11.5. The number of hydrogen-bond acceptors (Lipinski definition) is 6. The zero-order valence-corrected chi connectivity index (χ0v) is 23.8. The molecule has 210 valence electrons. The summed E-state index contributed by atoms with van der Waals surface area (Å²) >= 11 is 0. The van der Waals surface area contributed by atoms with E-state index in [4.69, 9.17) is 0 Å². The van der Waals surface area contributed by atoms with Crippen molar-refractivity contribution in [1.29, 1.82) is 0 Å². The predicted octanol–water partition coefficient (Wildman–Crippen LogP) is 6.44. The zero-order chi connectivity index (χ0) is 28.5. The van der Waals surface area contributed by atoms with Crippen LogP contribution >= 0.6 is 0 Å². The number of ketones is 1. The number of nitrogens with zero attached hydrogens (tertiary/aromatic N) is 3. The van der Waals surface area contributed by atoms with Gasteiger partial charge in [0, 0.05) is 30.9 Å². The lowest BCUT2D eigenvalue weighted by Gasteiger charge is -2.28. The molecule has 0 bridgehead atoms. The summed E-state index contributed by atoms with van der Waals surface area (Å²) in [6.07, 6.45) is 6.89. The van der Waals surface area contributed by atoms with Crippen LogP contribution in [0.25, 0.3) is 0 Å². The molecule has 1 saturated heterocycles. The average Bonchev–Trinajstić information content (AvgIpc) is 2.84. The van der Waals surface area contributed by atoms with Crippen LogP contribution in [0, 0.1) is 11.2 Å². The molecule has 2 atom stereocenters. The molecule has 7 nitrogen and oxygen atoms in total. The molecule has 0 aliphatic carbocycles. The highest BCUT2D eigenvalue weighted by Crippen LogP contribution is 2.25. The third-order valence-electron chi connectivity index (χ3n) is 6.32. The summed E-state index contributed by atoms with van der Waals surface area (Å²) in [6, 6.07) is 0.885. The Balaban J connectivity index is 2.25. The Morgan fingerprint density at radius 1 is 1.21 bits per heavy atom. The molecule has 0 spiro atoms. The maximum atomic E-state index is 15.0. The molecule has 1 aliphatic heterocycles. The van der Waals surface area contributed by atoms with E-state index in [2.05, 4.69) is 59.9 Å². The Morgan fingerprint density at radius 2 is 1.87 bits per heavy atom. The van der Waals surface area contributed by atoms with Gasteiger partial charge < -0.3 is 20.9 Å². The molecule has 9 heteroatoms. The van der Waals surface area contributed by atoms with Gasteiger partial charge in [-0.2, -0.15) is 0 Å². The van der Waals surface area contributed by atoms with Gasteiger partial charge in [-0.3, -0.25) is 4.79 Å². The number of halogens is 2. The van der Waals surface area contributed by atoms with E-state index < -0.39 is 12.5 Å². The second kappa shape index (κ2) is 14.1. The number of piperidine rings is 1. The lowest BCUT2D eigenvalue weighted by molar-refractivity contribution is 0.101. The van der Waals surface area contributed by atoms with Crippen LogP contribution in [0.1, 0.15) is 77.6 Å². The van der Waals surface area contributed by atoms with Gasteiger partial charge in [0.1, 0.15) is 18.3 Å². The van der Waals surface area contributed by atoms with Gasteiger partial charge in [0.25, 0.3) is 0 Å². The molecule has 0 radical (unpaired) electrons. The summed E-state index contributed by atoms with van der Waals surface area (Å²) < 4.78 is 28.6. The van der Waals surface area contributed by atoms with Crippen molar-refractivity contribution in [3.05, 3.63) is 54.3 Å². The molecular formula is C29H44F2N6O. The summed E-state index contributed by atoms with van der Waals surface area (Å²) in [5.41, 5.74) is 1.49. The molecule has 1 aromatic rings. The number of rotatable bonds is 12. The van der Waals surface area contributed by atoms with Crippen LogP contribution in [-0.2, 0) is 0 Å². The van der Waals surface area contributed by atoms with Gasteiger partial charge in [0.05, 0.1) is 17.5 Å². The van der Waals surface area contributed by atoms with E-state index in [9.17, 15) is 13.6 Å². The van der Waals surface area contributed by atoms with Crippen LogP contribution < -0.4 is 16.0 Å². The predicted molar refractivity (Wildman–Crippen MR) is 154 cm³/mol. The van der Waals surface area contributed by atoms with Crippen molar-refractivity contribution in [1.82, 2.24) is 15.2 Å². The number of allylic oxidation sites excluding steroid dienone is 2. The van der Waals surface area contributed by atoms with Crippen molar-refractivity contribution >= 4 is 23.3 Å². The second-order valence-electron chi connectivity index (χ2n) is 11.1. The standard InChI is InChI=1S/C29H44F2N6O/c1-9-23(18-32-26(17-30)37-13-11-10-12-14-37)35-27-24(22(5)38)15-25(31)28(36-27)34-21(4)20(3)33-19(2)16-29(6,7)8/h9,15,18,20-21,33H,1-2,10-14,16-17H2,3-8H3,(H2,34,35,36)/b23-18+,32-26?. The van der Waals surface area contributed by atoms with Crippen molar-refractivity contribution in [3.8, 4) is 0 Å². The number of Topliss-reactive ketones (excluding diaryl/α,β-unsaturated/α-hetero) is 1. The highest BCUT2D eigenvalue weighted by atomic mass is 19.1. The summed E-state index contributed by atoms with van der Waals surface area (Å²) in [6.45, 7) is 20.4. The highest BCUT2D eigenvalue weighted by Gasteiger charge is 2.21. The van der Waals surface area contributed by atoms with E-state index in [1.165, 1.54) is 19.2 Å². The van der Waals surface area contributed by atoms with Gasteiger partial charge in [0.15, 0.2) is 17.4 Å². The molecular weight excluding hydrogens is 486 g/mol. The third kappa shape index (κ3) is 9.58. The van der Waals surface area contributed by atoms with Gasteiger partial charge in [-0.1, -0.05) is 33.9 Å². The quantitative estimate of drug-likeness (QED) is 0.125. The number of aromatic nitrogens is 1. The fourth-order valence-electron chi connectivity index (χ4n) is 4.20. The molecule has 2 heterocycles. The fraction of sp³-hybridized carbons (Fsp3) is 0.552. The average molecular weight is 531 g/mol. The number of nitrogens with one attached hydrogen (secondary N) is 3. The number of hydrogen-bond donors (Lipinski definition) is 3. The van der Waals surface area contributed by atoms with Crippen LogP contribution in [0.5, 0.6) is 0 Å². The van der Waals surface area contributed by atoms with E-state index in [0.717, 1.165) is 50.5 Å². The van der Waals surface area contributed by atoms with Crippen LogP contribution in [0.4, 0.5) is 20.4 Å². The lowest BCUT2D eigenvalue weighted by Crippen LogP contribution is -2.40. The van der Waals surface area contributed by atoms with Crippen LogP contribution in [0.2, 0.25) is 0 Å². The van der Waals surface area contributed by atoms with Gasteiger partial charge in [-0.25, -0.2) is 18.8 Å². The second-order valence-corrected chi connectivity index (χ2v) is 11.1. The van der Waals surface area contributed by atoms with E-state index in [1.54, 1.807) is 0 Å². The number of amidine groups is 1. The monoisotopic (exact) mass is 530 g/mol. The zero-order valence-electron chi connectivity index (χ0n) is 23.8.